The quantitative estimate of drug-likeness (QED) is 0.182. The number of carbonyl (C=O) groups excluding carboxylic acids is 2. The molecule has 0 aliphatic heterocycles. The average Bonchev–Trinajstić information content (AvgIpc) is 3.00. The number of hydrogen-bond acceptors (Lipinski definition) is 5. The Morgan fingerprint density at radius 2 is 1.39 bits per heavy atom. The molecule has 4 aromatic carbocycles. The summed E-state index contributed by atoms with van der Waals surface area (Å²) in [6.07, 6.45) is 1.21. The number of amides is 2. The summed E-state index contributed by atoms with van der Waals surface area (Å²) in [5.74, 6) is 0.123. The highest BCUT2D eigenvalue weighted by molar-refractivity contribution is 7.92. The summed E-state index contributed by atoms with van der Waals surface area (Å²) in [5.41, 5.74) is 1.52. The van der Waals surface area contributed by atoms with Crippen LogP contribution in [0.5, 0.6) is 11.5 Å². The summed E-state index contributed by atoms with van der Waals surface area (Å²) >= 11 is 13.0. The maximum atomic E-state index is 14.2. The standard InChI is InChI=1S/C33H33Cl2N3O5S/c1-3-36-33(40)31(21-24-11-6-4-7-12-24)37(22-28-29(34)15-10-16-30(28)35)32(39)23-38(44(2,41)42)25-17-19-27(20-18-25)43-26-13-8-5-9-14-26/h4-20,31H,3,21-23H2,1-2H3,(H,36,40)/t31-/m0/s1. The number of likely N-dealkylation sites (N-methyl/N-ethyl adjacent to an activating group) is 1. The fraction of sp³-hybridized carbons (Fsp3) is 0.212. The highest BCUT2D eigenvalue weighted by atomic mass is 35.5. The number of sulfonamides is 1. The summed E-state index contributed by atoms with van der Waals surface area (Å²) in [5, 5.41) is 3.45. The number of ether oxygens (including phenoxy) is 1. The highest BCUT2D eigenvalue weighted by Gasteiger charge is 2.33. The van der Waals surface area contributed by atoms with E-state index in [1.165, 1.54) is 4.90 Å². The lowest BCUT2D eigenvalue weighted by atomic mass is 10.0. The van der Waals surface area contributed by atoms with Gasteiger partial charge in [-0.15, -0.1) is 0 Å². The number of anilines is 1. The van der Waals surface area contributed by atoms with Crippen LogP contribution >= 0.6 is 23.2 Å². The van der Waals surface area contributed by atoms with E-state index in [4.69, 9.17) is 27.9 Å². The van der Waals surface area contributed by atoms with E-state index in [-0.39, 0.29) is 24.6 Å². The topological polar surface area (TPSA) is 96.0 Å². The van der Waals surface area contributed by atoms with Crippen LogP contribution in [-0.4, -0.2) is 50.5 Å². The third-order valence-electron chi connectivity index (χ3n) is 6.80. The molecule has 44 heavy (non-hydrogen) atoms. The lowest BCUT2D eigenvalue weighted by molar-refractivity contribution is -0.140. The van der Waals surface area contributed by atoms with E-state index in [1.807, 2.05) is 48.5 Å². The summed E-state index contributed by atoms with van der Waals surface area (Å²) in [6, 6.07) is 28.8. The van der Waals surface area contributed by atoms with Gasteiger partial charge in [-0.3, -0.25) is 13.9 Å². The number of benzene rings is 4. The molecule has 0 saturated heterocycles. The van der Waals surface area contributed by atoms with E-state index >= 15 is 0 Å². The minimum Gasteiger partial charge on any atom is -0.457 e. The number of hydrogen-bond donors (Lipinski definition) is 1. The second-order valence-electron chi connectivity index (χ2n) is 10.0. The molecule has 0 heterocycles. The molecule has 0 bridgehead atoms. The fourth-order valence-electron chi connectivity index (χ4n) is 4.62. The van der Waals surface area contributed by atoms with Crippen molar-refractivity contribution in [2.24, 2.45) is 0 Å². The van der Waals surface area contributed by atoms with Gasteiger partial charge in [0.1, 0.15) is 24.1 Å². The van der Waals surface area contributed by atoms with Crippen LogP contribution in [0.2, 0.25) is 10.0 Å². The number of para-hydroxylation sites is 1. The number of rotatable bonds is 13. The van der Waals surface area contributed by atoms with Crippen molar-refractivity contribution < 1.29 is 22.7 Å². The van der Waals surface area contributed by atoms with Gasteiger partial charge in [0.15, 0.2) is 0 Å². The Morgan fingerprint density at radius 3 is 1.95 bits per heavy atom. The van der Waals surface area contributed by atoms with Gasteiger partial charge in [-0.05, 0) is 61.0 Å². The van der Waals surface area contributed by atoms with Crippen LogP contribution in [0.4, 0.5) is 5.69 Å². The maximum Gasteiger partial charge on any atom is 0.244 e. The van der Waals surface area contributed by atoms with Crippen LogP contribution < -0.4 is 14.4 Å². The van der Waals surface area contributed by atoms with Gasteiger partial charge in [-0.25, -0.2) is 8.42 Å². The molecule has 0 unspecified atom stereocenters. The number of nitrogens with zero attached hydrogens (tertiary/aromatic N) is 2. The number of carbonyl (C=O) groups is 2. The van der Waals surface area contributed by atoms with Gasteiger partial charge >= 0.3 is 0 Å². The lowest BCUT2D eigenvalue weighted by Crippen LogP contribution is -2.53. The van der Waals surface area contributed by atoms with E-state index < -0.39 is 28.5 Å². The summed E-state index contributed by atoms with van der Waals surface area (Å²) in [6.45, 7) is 1.44. The van der Waals surface area contributed by atoms with Crippen LogP contribution in [0.3, 0.4) is 0 Å². The molecule has 0 saturated carbocycles. The smallest absolute Gasteiger partial charge is 0.244 e. The second kappa shape index (κ2) is 15.1. The largest absolute Gasteiger partial charge is 0.457 e. The molecule has 2 amide bonds. The van der Waals surface area contributed by atoms with Crippen molar-refractivity contribution in [1.82, 2.24) is 10.2 Å². The number of halogens is 2. The maximum absolute atomic E-state index is 14.2. The Hall–Kier alpha value is -4.05. The van der Waals surface area contributed by atoms with Gasteiger partial charge in [-0.1, -0.05) is 77.8 Å². The van der Waals surface area contributed by atoms with Crippen molar-refractivity contribution >= 4 is 50.7 Å². The van der Waals surface area contributed by atoms with Crippen molar-refractivity contribution in [3.8, 4) is 11.5 Å². The SMILES string of the molecule is CCNC(=O)[C@H](Cc1ccccc1)N(Cc1c(Cl)cccc1Cl)C(=O)CN(c1ccc(Oc2ccccc2)cc1)S(C)(=O)=O. The van der Waals surface area contributed by atoms with E-state index in [2.05, 4.69) is 5.32 Å². The molecule has 11 heteroatoms. The third-order valence-corrected chi connectivity index (χ3v) is 8.64. The molecule has 0 aliphatic carbocycles. The van der Waals surface area contributed by atoms with Crippen LogP contribution in [-0.2, 0) is 32.6 Å². The Balaban J connectivity index is 1.69. The van der Waals surface area contributed by atoms with Gasteiger partial charge in [0, 0.05) is 35.1 Å². The zero-order chi connectivity index (χ0) is 31.7. The normalized spacial score (nSPS) is 11.8. The second-order valence-corrected chi connectivity index (χ2v) is 12.7. The van der Waals surface area contributed by atoms with Gasteiger partial charge in [0.25, 0.3) is 0 Å². The Bertz CT molecular complexity index is 1650. The fourth-order valence-corrected chi connectivity index (χ4v) is 5.99. The average molecular weight is 655 g/mol. The van der Waals surface area contributed by atoms with Crippen molar-refractivity contribution in [1.29, 1.82) is 0 Å². The summed E-state index contributed by atoms with van der Waals surface area (Å²) in [4.78, 5) is 29.0. The van der Waals surface area contributed by atoms with Gasteiger partial charge in [0.05, 0.1) is 11.9 Å². The summed E-state index contributed by atoms with van der Waals surface area (Å²) < 4.78 is 32.9. The molecule has 4 aromatic rings. The van der Waals surface area contributed by atoms with Crippen LogP contribution in [0, 0.1) is 0 Å². The Kier molecular flexibility index (Phi) is 11.3. The first-order valence-corrected chi connectivity index (χ1v) is 16.5. The highest BCUT2D eigenvalue weighted by Crippen LogP contribution is 2.29. The minimum absolute atomic E-state index is 0.118. The van der Waals surface area contributed by atoms with E-state index in [0.717, 1.165) is 16.1 Å². The monoisotopic (exact) mass is 653 g/mol. The van der Waals surface area contributed by atoms with E-state index in [1.54, 1.807) is 61.5 Å². The minimum atomic E-state index is -3.93. The van der Waals surface area contributed by atoms with Crippen molar-refractivity contribution in [3.05, 3.63) is 124 Å². The molecule has 230 valence electrons. The molecular formula is C33H33Cl2N3O5S. The molecule has 0 aliphatic rings. The molecule has 1 atom stereocenters. The van der Waals surface area contributed by atoms with Crippen molar-refractivity contribution in [2.75, 3.05) is 23.7 Å². The summed E-state index contributed by atoms with van der Waals surface area (Å²) in [7, 11) is -3.93. The third kappa shape index (κ3) is 8.75. The molecule has 1 N–H and O–H groups in total. The van der Waals surface area contributed by atoms with Crippen LogP contribution in [0.1, 0.15) is 18.1 Å². The van der Waals surface area contributed by atoms with Crippen molar-refractivity contribution in [3.63, 3.8) is 0 Å². The molecule has 0 spiro atoms. The lowest BCUT2D eigenvalue weighted by Gasteiger charge is -2.33. The molecular weight excluding hydrogens is 621 g/mol. The predicted molar refractivity (Wildman–Crippen MR) is 175 cm³/mol. The van der Waals surface area contributed by atoms with Crippen molar-refractivity contribution in [2.45, 2.75) is 25.9 Å². The first-order valence-electron chi connectivity index (χ1n) is 13.9. The molecule has 8 nitrogen and oxygen atoms in total. The molecule has 0 aromatic heterocycles. The molecule has 4 rings (SSSR count). The van der Waals surface area contributed by atoms with Gasteiger partial charge < -0.3 is 15.0 Å². The Morgan fingerprint density at radius 1 is 0.818 bits per heavy atom. The predicted octanol–water partition coefficient (Wildman–Crippen LogP) is 6.33. The first kappa shape index (κ1) is 32.9. The molecule has 0 fully saturated rings. The first-order chi connectivity index (χ1) is 21.1. The van der Waals surface area contributed by atoms with Gasteiger partial charge in [-0.2, -0.15) is 0 Å². The van der Waals surface area contributed by atoms with E-state index in [0.29, 0.717) is 33.7 Å². The number of nitrogens with one attached hydrogen (secondary N) is 1. The Labute approximate surface area is 268 Å². The van der Waals surface area contributed by atoms with Crippen LogP contribution in [0.15, 0.2) is 103 Å². The molecule has 0 radical (unpaired) electrons. The zero-order valence-corrected chi connectivity index (χ0v) is 26.6. The van der Waals surface area contributed by atoms with Crippen LogP contribution in [0.25, 0.3) is 0 Å². The zero-order valence-electron chi connectivity index (χ0n) is 24.3. The van der Waals surface area contributed by atoms with E-state index in [9.17, 15) is 18.0 Å². The van der Waals surface area contributed by atoms with Gasteiger partial charge in [0.2, 0.25) is 21.8 Å².